The van der Waals surface area contributed by atoms with Crippen LogP contribution in [0.1, 0.15) is 40.5 Å². The highest BCUT2D eigenvalue weighted by Crippen LogP contribution is 2.52. The molecule has 2 bridgehead atoms. The molecular weight excluding hydrogens is 318 g/mol. The molecule has 0 aromatic heterocycles. The topological polar surface area (TPSA) is 64.6 Å². The lowest BCUT2D eigenvalue weighted by Gasteiger charge is -2.36. The molecule has 1 N–H and O–H groups in total. The Hall–Kier alpha value is -2.04. The molecule has 2 aliphatic carbocycles. The highest BCUT2D eigenvalue weighted by molar-refractivity contribution is 5.98. The van der Waals surface area contributed by atoms with E-state index >= 15 is 0 Å². The number of allylic oxidation sites excluding steroid dienone is 4. The van der Waals surface area contributed by atoms with Gasteiger partial charge < -0.3 is 14.8 Å². The summed E-state index contributed by atoms with van der Waals surface area (Å²) in [5.41, 5.74) is 2.73. The molecule has 0 aromatic rings. The molecular formula is C20H27NO4. The molecule has 136 valence electrons. The van der Waals surface area contributed by atoms with Gasteiger partial charge in [0.2, 0.25) is 0 Å². The van der Waals surface area contributed by atoms with Crippen molar-refractivity contribution < 1.29 is 19.1 Å². The van der Waals surface area contributed by atoms with E-state index in [9.17, 15) is 9.59 Å². The zero-order valence-corrected chi connectivity index (χ0v) is 15.4. The van der Waals surface area contributed by atoms with Crippen molar-refractivity contribution in [2.75, 3.05) is 13.2 Å². The number of carbonyl (C=O) groups excluding carboxylic acids is 2. The van der Waals surface area contributed by atoms with Crippen LogP contribution in [0.4, 0.5) is 0 Å². The lowest BCUT2D eigenvalue weighted by molar-refractivity contribution is -0.140. The summed E-state index contributed by atoms with van der Waals surface area (Å²) in [5, 5.41) is 3.20. The molecule has 5 nitrogen and oxygen atoms in total. The summed E-state index contributed by atoms with van der Waals surface area (Å²) >= 11 is 0. The molecule has 0 unspecified atom stereocenters. The smallest absolute Gasteiger partial charge is 0.336 e. The van der Waals surface area contributed by atoms with Gasteiger partial charge in [0.15, 0.2) is 0 Å². The van der Waals surface area contributed by atoms with E-state index in [1.807, 2.05) is 13.8 Å². The summed E-state index contributed by atoms with van der Waals surface area (Å²) in [6.07, 6.45) is 6.62. The molecule has 1 aliphatic heterocycles. The molecule has 1 heterocycles. The standard InChI is InChI=1S/C20H27NO4/c1-5-24-19(22)16-11(3)21-12(4)17(20(23)25-6-2)18(16)15-10-13-7-8-14(15)9-13/h7-8,13-15,18,21H,5-6,9-10H2,1-4H3/t13-,14+,15-/m1/s1. The average molecular weight is 345 g/mol. The van der Waals surface area contributed by atoms with E-state index in [1.54, 1.807) is 13.8 Å². The van der Waals surface area contributed by atoms with Crippen molar-refractivity contribution >= 4 is 11.9 Å². The Kier molecular flexibility index (Phi) is 5.02. The number of rotatable bonds is 5. The van der Waals surface area contributed by atoms with Crippen LogP contribution >= 0.6 is 0 Å². The summed E-state index contributed by atoms with van der Waals surface area (Å²) < 4.78 is 10.6. The summed E-state index contributed by atoms with van der Waals surface area (Å²) in [7, 11) is 0. The summed E-state index contributed by atoms with van der Waals surface area (Å²) in [6.45, 7) is 7.99. The zero-order chi connectivity index (χ0) is 18.1. The van der Waals surface area contributed by atoms with Gasteiger partial charge in [0.05, 0.1) is 24.4 Å². The van der Waals surface area contributed by atoms with Gasteiger partial charge >= 0.3 is 11.9 Å². The Morgan fingerprint density at radius 2 is 1.56 bits per heavy atom. The van der Waals surface area contributed by atoms with Crippen LogP contribution in [0.25, 0.3) is 0 Å². The summed E-state index contributed by atoms with van der Waals surface area (Å²) in [6, 6.07) is 0. The van der Waals surface area contributed by atoms with E-state index in [4.69, 9.17) is 9.47 Å². The zero-order valence-electron chi connectivity index (χ0n) is 15.4. The number of hydrogen-bond donors (Lipinski definition) is 1. The van der Waals surface area contributed by atoms with Crippen LogP contribution in [0.15, 0.2) is 34.7 Å². The third kappa shape index (κ3) is 3.12. The molecule has 1 fully saturated rings. The third-order valence-corrected chi connectivity index (χ3v) is 5.55. The van der Waals surface area contributed by atoms with Gasteiger partial charge in [-0.05, 0) is 58.3 Å². The van der Waals surface area contributed by atoms with E-state index in [0.29, 0.717) is 36.2 Å². The lowest BCUT2D eigenvalue weighted by atomic mass is 9.71. The first-order valence-corrected chi connectivity index (χ1v) is 9.19. The fourth-order valence-electron chi connectivity index (χ4n) is 4.64. The quantitative estimate of drug-likeness (QED) is 0.613. The predicted molar refractivity (Wildman–Crippen MR) is 94.1 cm³/mol. The number of ether oxygens (including phenoxy) is 2. The molecule has 0 aromatic carbocycles. The molecule has 1 saturated carbocycles. The first-order chi connectivity index (χ1) is 12.0. The van der Waals surface area contributed by atoms with Crippen LogP contribution in [0, 0.1) is 23.7 Å². The number of esters is 2. The van der Waals surface area contributed by atoms with Crippen molar-refractivity contribution in [3.8, 4) is 0 Å². The van der Waals surface area contributed by atoms with Crippen molar-refractivity contribution in [3.63, 3.8) is 0 Å². The van der Waals surface area contributed by atoms with Crippen LogP contribution in [-0.2, 0) is 19.1 Å². The number of fused-ring (bicyclic) bond motifs is 2. The highest BCUT2D eigenvalue weighted by Gasteiger charge is 2.48. The van der Waals surface area contributed by atoms with Crippen molar-refractivity contribution in [1.82, 2.24) is 5.32 Å². The second-order valence-electron chi connectivity index (χ2n) is 7.07. The van der Waals surface area contributed by atoms with Gasteiger partial charge in [0.1, 0.15) is 0 Å². The fourth-order valence-corrected chi connectivity index (χ4v) is 4.64. The minimum atomic E-state index is -0.335. The lowest BCUT2D eigenvalue weighted by Crippen LogP contribution is -2.38. The highest BCUT2D eigenvalue weighted by atomic mass is 16.5. The van der Waals surface area contributed by atoms with Crippen molar-refractivity contribution in [2.45, 2.75) is 40.5 Å². The average Bonchev–Trinajstić information content (AvgIpc) is 3.17. The maximum Gasteiger partial charge on any atom is 0.336 e. The number of carbonyl (C=O) groups is 2. The van der Waals surface area contributed by atoms with Gasteiger partial charge in [-0.1, -0.05) is 12.2 Å². The Morgan fingerprint density at radius 1 is 1.00 bits per heavy atom. The maximum atomic E-state index is 12.7. The van der Waals surface area contributed by atoms with Crippen LogP contribution in [0.2, 0.25) is 0 Å². The van der Waals surface area contributed by atoms with E-state index in [-0.39, 0.29) is 23.8 Å². The van der Waals surface area contributed by atoms with Gasteiger partial charge in [-0.25, -0.2) is 9.59 Å². The van der Waals surface area contributed by atoms with Crippen LogP contribution in [0.3, 0.4) is 0 Å². The van der Waals surface area contributed by atoms with Gasteiger partial charge in [-0.2, -0.15) is 0 Å². The SMILES string of the molecule is CCOC(=O)C1=C(C)NC(C)=C(C(=O)OCC)C1[C@@H]1C[C@@H]2C=C[C@H]1C2. The van der Waals surface area contributed by atoms with Crippen molar-refractivity contribution in [1.29, 1.82) is 0 Å². The predicted octanol–water partition coefficient (Wildman–Crippen LogP) is 3.09. The van der Waals surface area contributed by atoms with E-state index in [0.717, 1.165) is 24.2 Å². The largest absolute Gasteiger partial charge is 0.463 e. The van der Waals surface area contributed by atoms with Gasteiger partial charge in [-0.15, -0.1) is 0 Å². The second-order valence-corrected chi connectivity index (χ2v) is 7.07. The monoisotopic (exact) mass is 345 g/mol. The van der Waals surface area contributed by atoms with E-state index < -0.39 is 0 Å². The summed E-state index contributed by atoms with van der Waals surface area (Å²) in [5.74, 6) is 0.261. The second kappa shape index (κ2) is 7.06. The first kappa shape index (κ1) is 17.8. The Bertz CT molecular complexity index is 633. The van der Waals surface area contributed by atoms with E-state index in [2.05, 4.69) is 17.5 Å². The molecule has 3 atom stereocenters. The van der Waals surface area contributed by atoms with Crippen LogP contribution < -0.4 is 5.32 Å². The molecule has 0 radical (unpaired) electrons. The molecule has 0 amide bonds. The molecule has 0 spiro atoms. The maximum absolute atomic E-state index is 12.7. The number of hydrogen-bond acceptors (Lipinski definition) is 5. The Balaban J connectivity index is 2.04. The van der Waals surface area contributed by atoms with Gasteiger partial charge in [0, 0.05) is 17.3 Å². The molecule has 0 saturated heterocycles. The molecule has 5 heteroatoms. The van der Waals surface area contributed by atoms with Crippen LogP contribution in [-0.4, -0.2) is 25.2 Å². The number of dihydropyridines is 1. The Morgan fingerprint density at radius 3 is 1.96 bits per heavy atom. The molecule has 3 rings (SSSR count). The normalized spacial score (nSPS) is 28.4. The van der Waals surface area contributed by atoms with Gasteiger partial charge in [-0.3, -0.25) is 0 Å². The molecule has 25 heavy (non-hydrogen) atoms. The van der Waals surface area contributed by atoms with Gasteiger partial charge in [0.25, 0.3) is 0 Å². The van der Waals surface area contributed by atoms with Crippen molar-refractivity contribution in [2.24, 2.45) is 23.7 Å². The summed E-state index contributed by atoms with van der Waals surface area (Å²) in [4.78, 5) is 25.4. The fraction of sp³-hybridized carbons (Fsp3) is 0.600. The van der Waals surface area contributed by atoms with Crippen molar-refractivity contribution in [3.05, 3.63) is 34.7 Å². The number of nitrogens with one attached hydrogen (secondary N) is 1. The van der Waals surface area contributed by atoms with E-state index in [1.165, 1.54) is 0 Å². The first-order valence-electron chi connectivity index (χ1n) is 9.19. The Labute approximate surface area is 149 Å². The molecule has 3 aliphatic rings. The minimum absolute atomic E-state index is 0.237. The third-order valence-electron chi connectivity index (χ3n) is 5.55. The minimum Gasteiger partial charge on any atom is -0.463 e. The van der Waals surface area contributed by atoms with Crippen LogP contribution in [0.5, 0.6) is 0 Å².